The largest absolute Gasteiger partial charge is 0.443 e. The Labute approximate surface area is 137 Å². The van der Waals surface area contributed by atoms with E-state index in [-0.39, 0.29) is 6.09 Å². The number of benzene rings is 1. The highest BCUT2D eigenvalue weighted by Crippen LogP contribution is 2.26. The number of piperidine rings is 1. The summed E-state index contributed by atoms with van der Waals surface area (Å²) in [6, 6.07) is 8.09. The van der Waals surface area contributed by atoms with Gasteiger partial charge in [-0.1, -0.05) is 18.2 Å². The van der Waals surface area contributed by atoms with E-state index >= 15 is 0 Å². The van der Waals surface area contributed by atoms with Crippen molar-refractivity contribution in [1.82, 2.24) is 9.88 Å². The molecule has 2 aromatic rings. The summed E-state index contributed by atoms with van der Waals surface area (Å²) < 4.78 is 7.21. The summed E-state index contributed by atoms with van der Waals surface area (Å²) in [6.07, 6.45) is 5.15. The summed E-state index contributed by atoms with van der Waals surface area (Å²) >= 11 is 0. The molecule has 1 aromatic carbocycles. The lowest BCUT2D eigenvalue weighted by Gasteiger charge is -2.22. The zero-order chi connectivity index (χ0) is 16.4. The normalized spacial score (nSPS) is 19.0. The van der Waals surface area contributed by atoms with Crippen molar-refractivity contribution in [1.29, 1.82) is 0 Å². The SMILES string of the molecule is CC(C)(C)OC(=O)n1cc(CC2CCCNC2)c2ccccc21. The molecule has 124 valence electrons. The Hall–Kier alpha value is -1.81. The molecule has 1 saturated heterocycles. The number of carbonyl (C=O) groups excluding carboxylic acids is 1. The van der Waals surface area contributed by atoms with Gasteiger partial charge in [-0.15, -0.1) is 0 Å². The van der Waals surface area contributed by atoms with Crippen molar-refractivity contribution < 1.29 is 9.53 Å². The van der Waals surface area contributed by atoms with Gasteiger partial charge >= 0.3 is 6.09 Å². The Morgan fingerprint density at radius 3 is 2.83 bits per heavy atom. The number of para-hydroxylation sites is 1. The lowest BCUT2D eigenvalue weighted by Crippen LogP contribution is -2.30. The van der Waals surface area contributed by atoms with Gasteiger partial charge in [-0.05, 0) is 70.7 Å². The maximum Gasteiger partial charge on any atom is 0.419 e. The molecule has 1 fully saturated rings. The Balaban J connectivity index is 1.91. The van der Waals surface area contributed by atoms with E-state index in [1.807, 2.05) is 45.2 Å². The lowest BCUT2D eigenvalue weighted by atomic mass is 9.92. The van der Waals surface area contributed by atoms with Gasteiger partial charge in [0.2, 0.25) is 0 Å². The molecule has 0 spiro atoms. The van der Waals surface area contributed by atoms with Crippen LogP contribution in [0.5, 0.6) is 0 Å². The topological polar surface area (TPSA) is 43.3 Å². The number of fused-ring (bicyclic) bond motifs is 1. The Bertz CT molecular complexity index is 691. The van der Waals surface area contributed by atoms with E-state index in [4.69, 9.17) is 4.74 Å². The molecule has 23 heavy (non-hydrogen) atoms. The molecule has 1 aliphatic heterocycles. The summed E-state index contributed by atoms with van der Waals surface area (Å²) in [6.45, 7) is 7.86. The van der Waals surface area contributed by atoms with Gasteiger partial charge in [0.25, 0.3) is 0 Å². The number of carbonyl (C=O) groups is 1. The first-order valence-corrected chi connectivity index (χ1v) is 8.47. The smallest absolute Gasteiger partial charge is 0.419 e. The van der Waals surface area contributed by atoms with Crippen molar-refractivity contribution in [2.45, 2.75) is 45.6 Å². The van der Waals surface area contributed by atoms with Gasteiger partial charge in [0.15, 0.2) is 0 Å². The fourth-order valence-electron chi connectivity index (χ4n) is 3.28. The molecular formula is C19H26N2O2. The van der Waals surface area contributed by atoms with E-state index in [1.165, 1.54) is 18.4 Å². The molecule has 1 aliphatic rings. The van der Waals surface area contributed by atoms with Crippen LogP contribution in [0.4, 0.5) is 4.79 Å². The fourth-order valence-corrected chi connectivity index (χ4v) is 3.28. The molecule has 1 aromatic heterocycles. The zero-order valence-electron chi connectivity index (χ0n) is 14.3. The summed E-state index contributed by atoms with van der Waals surface area (Å²) in [5.74, 6) is 0.640. The molecular weight excluding hydrogens is 288 g/mol. The Morgan fingerprint density at radius 2 is 2.13 bits per heavy atom. The fraction of sp³-hybridized carbons (Fsp3) is 0.526. The van der Waals surface area contributed by atoms with Crippen LogP contribution in [0.25, 0.3) is 10.9 Å². The molecule has 1 unspecified atom stereocenters. The number of hydrogen-bond donors (Lipinski definition) is 1. The third-order valence-electron chi connectivity index (χ3n) is 4.29. The monoisotopic (exact) mass is 314 g/mol. The van der Waals surface area contributed by atoms with Crippen LogP contribution >= 0.6 is 0 Å². The van der Waals surface area contributed by atoms with Crippen molar-refractivity contribution in [2.24, 2.45) is 5.92 Å². The van der Waals surface area contributed by atoms with Gasteiger partial charge in [0, 0.05) is 11.6 Å². The van der Waals surface area contributed by atoms with E-state index in [1.54, 1.807) is 4.57 Å². The molecule has 0 radical (unpaired) electrons. The number of aromatic nitrogens is 1. The summed E-state index contributed by atoms with van der Waals surface area (Å²) in [7, 11) is 0. The molecule has 1 atom stereocenters. The van der Waals surface area contributed by atoms with E-state index in [2.05, 4.69) is 11.4 Å². The third-order valence-corrected chi connectivity index (χ3v) is 4.29. The van der Waals surface area contributed by atoms with E-state index in [0.29, 0.717) is 5.92 Å². The quantitative estimate of drug-likeness (QED) is 0.912. The number of rotatable bonds is 2. The van der Waals surface area contributed by atoms with Crippen LogP contribution in [0.3, 0.4) is 0 Å². The second-order valence-corrected chi connectivity index (χ2v) is 7.44. The Kier molecular flexibility index (Phi) is 4.44. The number of hydrogen-bond acceptors (Lipinski definition) is 3. The summed E-state index contributed by atoms with van der Waals surface area (Å²) in [5.41, 5.74) is 1.68. The van der Waals surface area contributed by atoms with Gasteiger partial charge in [0.1, 0.15) is 5.60 Å². The highest BCUT2D eigenvalue weighted by molar-refractivity contribution is 5.92. The third kappa shape index (κ3) is 3.75. The zero-order valence-corrected chi connectivity index (χ0v) is 14.3. The second-order valence-electron chi connectivity index (χ2n) is 7.44. The van der Waals surface area contributed by atoms with E-state index in [9.17, 15) is 4.79 Å². The molecule has 0 bridgehead atoms. The first kappa shape index (κ1) is 16.1. The molecule has 3 rings (SSSR count). The minimum atomic E-state index is -0.490. The molecule has 0 aliphatic carbocycles. The van der Waals surface area contributed by atoms with Crippen molar-refractivity contribution in [2.75, 3.05) is 13.1 Å². The highest BCUT2D eigenvalue weighted by Gasteiger charge is 2.22. The number of nitrogens with one attached hydrogen (secondary N) is 1. The van der Waals surface area contributed by atoms with Crippen LogP contribution in [0.2, 0.25) is 0 Å². The Morgan fingerprint density at radius 1 is 1.35 bits per heavy atom. The van der Waals surface area contributed by atoms with Gasteiger partial charge in [0.05, 0.1) is 5.52 Å². The van der Waals surface area contributed by atoms with Crippen LogP contribution in [0.15, 0.2) is 30.5 Å². The number of nitrogens with zero attached hydrogens (tertiary/aromatic N) is 1. The minimum Gasteiger partial charge on any atom is -0.443 e. The van der Waals surface area contributed by atoms with Gasteiger partial charge in [-0.25, -0.2) is 4.79 Å². The van der Waals surface area contributed by atoms with Gasteiger partial charge in [-0.3, -0.25) is 4.57 Å². The molecule has 4 nitrogen and oxygen atoms in total. The van der Waals surface area contributed by atoms with Gasteiger partial charge < -0.3 is 10.1 Å². The molecule has 2 heterocycles. The highest BCUT2D eigenvalue weighted by atomic mass is 16.6. The molecule has 4 heteroatoms. The maximum atomic E-state index is 12.5. The average Bonchev–Trinajstić information content (AvgIpc) is 2.86. The minimum absolute atomic E-state index is 0.304. The van der Waals surface area contributed by atoms with Crippen molar-refractivity contribution in [3.63, 3.8) is 0 Å². The van der Waals surface area contributed by atoms with Crippen molar-refractivity contribution in [3.8, 4) is 0 Å². The van der Waals surface area contributed by atoms with E-state index in [0.717, 1.165) is 30.4 Å². The first-order chi connectivity index (χ1) is 10.9. The van der Waals surface area contributed by atoms with Crippen LogP contribution in [0.1, 0.15) is 39.2 Å². The lowest BCUT2D eigenvalue weighted by molar-refractivity contribution is 0.0544. The maximum absolute atomic E-state index is 12.5. The van der Waals surface area contributed by atoms with Crippen LogP contribution < -0.4 is 5.32 Å². The van der Waals surface area contributed by atoms with Crippen LogP contribution in [-0.2, 0) is 11.2 Å². The van der Waals surface area contributed by atoms with Crippen LogP contribution in [-0.4, -0.2) is 29.4 Å². The number of ether oxygens (including phenoxy) is 1. The standard InChI is InChI=1S/C19H26N2O2/c1-19(2,3)23-18(22)21-13-15(11-14-7-6-10-20-12-14)16-8-4-5-9-17(16)21/h4-5,8-9,13-14,20H,6-7,10-12H2,1-3H3. The summed E-state index contributed by atoms with van der Waals surface area (Å²) in [4.78, 5) is 12.5. The second kappa shape index (κ2) is 6.36. The average molecular weight is 314 g/mol. The van der Waals surface area contributed by atoms with Crippen LogP contribution in [0, 0.1) is 5.92 Å². The van der Waals surface area contributed by atoms with Crippen molar-refractivity contribution >= 4 is 17.0 Å². The van der Waals surface area contributed by atoms with E-state index < -0.39 is 5.60 Å². The predicted octanol–water partition coefficient (Wildman–Crippen LogP) is 3.97. The van der Waals surface area contributed by atoms with Gasteiger partial charge in [-0.2, -0.15) is 0 Å². The molecule has 1 N–H and O–H groups in total. The first-order valence-electron chi connectivity index (χ1n) is 8.47. The molecule has 0 saturated carbocycles. The molecule has 0 amide bonds. The van der Waals surface area contributed by atoms with Crippen molar-refractivity contribution in [3.05, 3.63) is 36.0 Å². The summed E-state index contributed by atoms with van der Waals surface area (Å²) in [5, 5.41) is 4.62. The predicted molar refractivity (Wildman–Crippen MR) is 92.9 cm³/mol.